The molecule has 5 heteroatoms. The van der Waals surface area contributed by atoms with Crippen molar-refractivity contribution < 1.29 is 9.90 Å². The Morgan fingerprint density at radius 1 is 1.47 bits per heavy atom. The Bertz CT molecular complexity index is 606. The van der Waals surface area contributed by atoms with Gasteiger partial charge in [0.05, 0.1) is 10.5 Å². The summed E-state index contributed by atoms with van der Waals surface area (Å²) in [5.41, 5.74) is 0.602. The van der Waals surface area contributed by atoms with Crippen molar-refractivity contribution in [2.24, 2.45) is 0 Å². The highest BCUT2D eigenvalue weighted by Crippen LogP contribution is 2.22. The number of aromatic carboxylic acids is 1. The Hall–Kier alpha value is -1.39. The molecule has 3 nitrogen and oxygen atoms in total. The van der Waals surface area contributed by atoms with Gasteiger partial charge >= 0.3 is 5.97 Å². The summed E-state index contributed by atoms with van der Waals surface area (Å²) in [6.07, 6.45) is 0. The number of aromatic nitrogens is 1. The topological polar surface area (TPSA) is 53.1 Å². The molecule has 0 fully saturated rings. The Morgan fingerprint density at radius 2 is 2.20 bits per heavy atom. The Balaban J connectivity index is 2.92. The van der Waals surface area contributed by atoms with Crippen molar-refractivity contribution in [1.29, 1.82) is 0 Å². The van der Waals surface area contributed by atoms with Crippen molar-refractivity contribution in [2.75, 3.05) is 0 Å². The highest BCUT2D eigenvalue weighted by atomic mass is 35.5. The van der Waals surface area contributed by atoms with Crippen molar-refractivity contribution in [3.8, 4) is 0 Å². The number of H-pyrrole nitrogens is 1. The molecule has 15 heavy (non-hydrogen) atoms. The summed E-state index contributed by atoms with van der Waals surface area (Å²) in [6.45, 7) is 0. The third kappa shape index (κ3) is 1.73. The van der Waals surface area contributed by atoms with E-state index in [1.165, 1.54) is 6.07 Å². The number of fused-ring (bicyclic) bond motifs is 1. The van der Waals surface area contributed by atoms with Crippen LogP contribution in [0.25, 0.3) is 10.9 Å². The third-order valence-electron chi connectivity index (χ3n) is 2.04. The summed E-state index contributed by atoms with van der Waals surface area (Å²) in [6, 6.07) is 6.66. The van der Waals surface area contributed by atoms with Crippen LogP contribution >= 0.6 is 23.8 Å². The fourth-order valence-corrected chi connectivity index (χ4v) is 1.86. The van der Waals surface area contributed by atoms with Crippen LogP contribution in [-0.4, -0.2) is 16.1 Å². The quantitative estimate of drug-likeness (QED) is 0.751. The van der Waals surface area contributed by atoms with Crippen LogP contribution in [0.15, 0.2) is 24.3 Å². The summed E-state index contributed by atoms with van der Waals surface area (Å²) < 4.78 is 0.476. The van der Waals surface area contributed by atoms with Crippen molar-refractivity contribution in [1.82, 2.24) is 4.98 Å². The number of carboxylic acids is 1. The minimum absolute atomic E-state index is 0.0422. The summed E-state index contributed by atoms with van der Waals surface area (Å²) >= 11 is 11.0. The number of carboxylic acid groups (broad SMARTS) is 1. The van der Waals surface area contributed by atoms with E-state index >= 15 is 0 Å². The number of aromatic amines is 1. The second kappa shape index (κ2) is 3.64. The predicted octanol–water partition coefficient (Wildman–Crippen LogP) is 3.25. The molecular formula is C10H6ClNO2S. The summed E-state index contributed by atoms with van der Waals surface area (Å²) in [5.74, 6) is -1.05. The molecule has 0 radical (unpaired) electrons. The van der Waals surface area contributed by atoms with E-state index in [1.54, 1.807) is 18.2 Å². The van der Waals surface area contributed by atoms with Crippen LogP contribution in [0.2, 0.25) is 5.02 Å². The van der Waals surface area contributed by atoms with Gasteiger partial charge in [0.25, 0.3) is 0 Å². The Morgan fingerprint density at radius 3 is 2.87 bits per heavy atom. The van der Waals surface area contributed by atoms with E-state index in [1.807, 2.05) is 0 Å². The van der Waals surface area contributed by atoms with E-state index in [4.69, 9.17) is 28.9 Å². The Labute approximate surface area is 95.3 Å². The minimum Gasteiger partial charge on any atom is -0.477 e. The largest absolute Gasteiger partial charge is 0.477 e. The van der Waals surface area contributed by atoms with E-state index in [0.717, 1.165) is 5.39 Å². The molecular weight excluding hydrogens is 234 g/mol. The van der Waals surface area contributed by atoms with Gasteiger partial charge in [-0.3, -0.25) is 0 Å². The van der Waals surface area contributed by atoms with Gasteiger partial charge in [0.15, 0.2) is 0 Å². The molecule has 0 spiro atoms. The van der Waals surface area contributed by atoms with Crippen molar-refractivity contribution >= 4 is 40.7 Å². The molecule has 0 saturated heterocycles. The second-order valence-electron chi connectivity index (χ2n) is 3.01. The first-order valence-corrected chi connectivity index (χ1v) is 4.93. The number of hydrogen-bond donors (Lipinski definition) is 2. The molecule has 0 aliphatic carbocycles. The lowest BCUT2D eigenvalue weighted by molar-refractivity contribution is 0.0691. The van der Waals surface area contributed by atoms with Gasteiger partial charge in [0.1, 0.15) is 5.69 Å². The third-order valence-corrected chi connectivity index (χ3v) is 2.70. The predicted molar refractivity (Wildman–Crippen MR) is 61.1 cm³/mol. The average Bonchev–Trinajstić information content (AvgIpc) is 2.19. The zero-order chi connectivity index (χ0) is 11.0. The molecule has 0 atom stereocenters. The first-order valence-electron chi connectivity index (χ1n) is 4.14. The van der Waals surface area contributed by atoms with Gasteiger partial charge in [-0.2, -0.15) is 0 Å². The SMILES string of the molecule is O=C(O)c1cc(=S)c2cccc(Cl)c2[nH]1. The maximum atomic E-state index is 10.8. The number of nitrogens with one attached hydrogen (secondary N) is 1. The smallest absolute Gasteiger partial charge is 0.352 e. The summed E-state index contributed by atoms with van der Waals surface area (Å²) in [5, 5.41) is 10.1. The first kappa shape index (κ1) is 10.1. The molecule has 0 saturated carbocycles. The normalized spacial score (nSPS) is 10.5. The molecule has 0 bridgehead atoms. The molecule has 2 N–H and O–H groups in total. The zero-order valence-corrected chi connectivity index (χ0v) is 9.02. The molecule has 1 aromatic carbocycles. The molecule has 0 aliphatic rings. The van der Waals surface area contributed by atoms with Gasteiger partial charge in [-0.05, 0) is 12.1 Å². The monoisotopic (exact) mass is 239 g/mol. The van der Waals surface area contributed by atoms with E-state index in [0.29, 0.717) is 15.0 Å². The van der Waals surface area contributed by atoms with Gasteiger partial charge in [-0.25, -0.2) is 4.79 Å². The molecule has 0 amide bonds. The van der Waals surface area contributed by atoms with Gasteiger partial charge in [-0.15, -0.1) is 0 Å². The van der Waals surface area contributed by atoms with Crippen LogP contribution in [-0.2, 0) is 0 Å². The number of para-hydroxylation sites is 1. The van der Waals surface area contributed by atoms with Gasteiger partial charge < -0.3 is 10.1 Å². The Kier molecular flexibility index (Phi) is 2.46. The van der Waals surface area contributed by atoms with Gasteiger partial charge in [0.2, 0.25) is 0 Å². The van der Waals surface area contributed by atoms with Crippen LogP contribution in [0.3, 0.4) is 0 Å². The van der Waals surface area contributed by atoms with E-state index < -0.39 is 5.97 Å². The van der Waals surface area contributed by atoms with Gasteiger partial charge in [-0.1, -0.05) is 36.0 Å². The summed E-state index contributed by atoms with van der Waals surface area (Å²) in [7, 11) is 0. The van der Waals surface area contributed by atoms with Crippen LogP contribution in [0.4, 0.5) is 0 Å². The maximum absolute atomic E-state index is 10.8. The lowest BCUT2D eigenvalue weighted by Gasteiger charge is -2.02. The van der Waals surface area contributed by atoms with Crippen molar-refractivity contribution in [2.45, 2.75) is 0 Å². The van der Waals surface area contributed by atoms with Crippen LogP contribution < -0.4 is 0 Å². The minimum atomic E-state index is -1.05. The number of carbonyl (C=O) groups is 1. The maximum Gasteiger partial charge on any atom is 0.352 e. The van der Waals surface area contributed by atoms with Crippen molar-refractivity contribution in [3.05, 3.63) is 39.5 Å². The molecule has 1 aromatic heterocycles. The number of rotatable bonds is 1. The summed E-state index contributed by atoms with van der Waals surface area (Å²) in [4.78, 5) is 13.5. The highest BCUT2D eigenvalue weighted by Gasteiger charge is 2.07. The van der Waals surface area contributed by atoms with E-state index in [-0.39, 0.29) is 5.69 Å². The standard InChI is InChI=1S/C10H6ClNO2S/c11-6-3-1-2-5-8(15)4-7(10(13)14)12-9(5)6/h1-4H,(H,12,15)(H,13,14). The van der Waals surface area contributed by atoms with E-state index in [2.05, 4.69) is 4.98 Å². The zero-order valence-electron chi connectivity index (χ0n) is 7.45. The van der Waals surface area contributed by atoms with Crippen LogP contribution in [0.5, 0.6) is 0 Å². The van der Waals surface area contributed by atoms with Crippen molar-refractivity contribution in [3.63, 3.8) is 0 Å². The average molecular weight is 240 g/mol. The molecule has 2 rings (SSSR count). The first-order chi connectivity index (χ1) is 7.09. The number of benzene rings is 1. The lowest BCUT2D eigenvalue weighted by atomic mass is 10.2. The van der Waals surface area contributed by atoms with E-state index in [9.17, 15) is 4.79 Å². The molecule has 1 heterocycles. The number of hydrogen-bond acceptors (Lipinski definition) is 2. The lowest BCUT2D eigenvalue weighted by Crippen LogP contribution is -2.00. The molecule has 0 aliphatic heterocycles. The second-order valence-corrected chi connectivity index (χ2v) is 3.86. The van der Waals surface area contributed by atoms with Gasteiger partial charge in [0, 0.05) is 9.90 Å². The molecule has 0 unspecified atom stereocenters. The highest BCUT2D eigenvalue weighted by molar-refractivity contribution is 7.71. The fourth-order valence-electron chi connectivity index (χ4n) is 1.35. The number of pyridine rings is 1. The molecule has 2 aromatic rings. The fraction of sp³-hybridized carbons (Fsp3) is 0. The van der Waals surface area contributed by atoms with Crippen LogP contribution in [0.1, 0.15) is 10.5 Å². The molecule has 76 valence electrons. The van der Waals surface area contributed by atoms with Crippen LogP contribution in [0, 0.1) is 4.51 Å². The number of halogens is 1.